The molecule has 8 heteroatoms. The summed E-state index contributed by atoms with van der Waals surface area (Å²) < 4.78 is 1.76. The zero-order valence-corrected chi connectivity index (χ0v) is 18.9. The molecule has 5 rings (SSSR count). The van der Waals surface area contributed by atoms with Gasteiger partial charge in [-0.05, 0) is 48.9 Å². The summed E-state index contributed by atoms with van der Waals surface area (Å²) in [6.07, 6.45) is 8.08. The van der Waals surface area contributed by atoms with Crippen molar-refractivity contribution < 1.29 is 4.79 Å². The SMILES string of the molecule is Cc1cnc(-n2ncc(C(=O)N(C)CCc3ccccn3)c2C2CC2)nc1-c1cccs1. The molecule has 32 heavy (non-hydrogen) atoms. The summed E-state index contributed by atoms with van der Waals surface area (Å²) in [6.45, 7) is 2.60. The van der Waals surface area contributed by atoms with Crippen LogP contribution in [0.25, 0.3) is 16.5 Å². The van der Waals surface area contributed by atoms with Crippen LogP contribution in [0, 0.1) is 6.92 Å². The standard InChI is InChI=1S/C24H24N6OS/c1-16-14-26-24(28-21(16)20-7-5-13-32-20)30-22(17-8-9-17)19(15-27-30)23(31)29(2)12-10-18-6-3-4-11-25-18/h3-7,11,13-15,17H,8-10,12H2,1-2H3. The van der Waals surface area contributed by atoms with Crippen LogP contribution in [0.1, 0.15) is 46.1 Å². The molecule has 1 fully saturated rings. The molecule has 1 aliphatic carbocycles. The zero-order chi connectivity index (χ0) is 22.1. The average molecular weight is 445 g/mol. The Hall–Kier alpha value is -3.39. The van der Waals surface area contributed by atoms with Crippen molar-refractivity contribution in [1.29, 1.82) is 0 Å². The van der Waals surface area contributed by atoms with Crippen LogP contribution in [0.5, 0.6) is 0 Å². The van der Waals surface area contributed by atoms with E-state index >= 15 is 0 Å². The van der Waals surface area contributed by atoms with Crippen molar-refractivity contribution in [3.05, 3.63) is 76.8 Å². The summed E-state index contributed by atoms with van der Waals surface area (Å²) in [5, 5.41) is 6.60. The van der Waals surface area contributed by atoms with Gasteiger partial charge in [0.25, 0.3) is 11.9 Å². The fraction of sp³-hybridized carbons (Fsp3) is 0.292. The van der Waals surface area contributed by atoms with Crippen LogP contribution in [-0.2, 0) is 6.42 Å². The van der Waals surface area contributed by atoms with Crippen molar-refractivity contribution in [2.24, 2.45) is 0 Å². The Balaban J connectivity index is 1.43. The van der Waals surface area contributed by atoms with Crippen LogP contribution in [0.15, 0.2) is 54.3 Å². The van der Waals surface area contributed by atoms with Crippen molar-refractivity contribution in [2.45, 2.75) is 32.1 Å². The van der Waals surface area contributed by atoms with Crippen molar-refractivity contribution in [2.75, 3.05) is 13.6 Å². The summed E-state index contributed by atoms with van der Waals surface area (Å²) in [6, 6.07) is 9.91. The van der Waals surface area contributed by atoms with E-state index < -0.39 is 0 Å². The van der Waals surface area contributed by atoms with E-state index in [1.807, 2.05) is 49.8 Å². The molecule has 0 aromatic carbocycles. The Morgan fingerprint density at radius 3 is 2.78 bits per heavy atom. The molecule has 0 saturated heterocycles. The van der Waals surface area contributed by atoms with Crippen molar-refractivity contribution >= 4 is 17.2 Å². The van der Waals surface area contributed by atoms with E-state index in [4.69, 9.17) is 4.98 Å². The van der Waals surface area contributed by atoms with Gasteiger partial charge in [0.05, 0.1) is 28.0 Å². The lowest BCUT2D eigenvalue weighted by atomic mass is 10.1. The minimum absolute atomic E-state index is 0.0281. The molecule has 0 N–H and O–H groups in total. The van der Waals surface area contributed by atoms with E-state index in [2.05, 4.69) is 21.1 Å². The van der Waals surface area contributed by atoms with Crippen molar-refractivity contribution in [1.82, 2.24) is 29.6 Å². The minimum Gasteiger partial charge on any atom is -0.341 e. The lowest BCUT2D eigenvalue weighted by Gasteiger charge is -2.17. The molecule has 0 aliphatic heterocycles. The quantitative estimate of drug-likeness (QED) is 0.425. The first-order chi connectivity index (χ1) is 15.6. The van der Waals surface area contributed by atoms with E-state index in [1.165, 1.54) is 0 Å². The molecule has 4 heterocycles. The summed E-state index contributed by atoms with van der Waals surface area (Å²) >= 11 is 1.65. The van der Waals surface area contributed by atoms with Gasteiger partial charge in [0.15, 0.2) is 0 Å². The maximum atomic E-state index is 13.3. The number of amides is 1. The number of carbonyl (C=O) groups excluding carboxylic acids is 1. The number of aromatic nitrogens is 5. The van der Waals surface area contributed by atoms with E-state index in [0.29, 0.717) is 30.4 Å². The summed E-state index contributed by atoms with van der Waals surface area (Å²) in [4.78, 5) is 29.8. The van der Waals surface area contributed by atoms with Gasteiger partial charge in [0, 0.05) is 44.0 Å². The number of pyridine rings is 1. The highest BCUT2D eigenvalue weighted by Crippen LogP contribution is 2.42. The molecule has 0 spiro atoms. The largest absolute Gasteiger partial charge is 0.341 e. The van der Waals surface area contributed by atoms with E-state index in [0.717, 1.165) is 40.4 Å². The van der Waals surface area contributed by atoms with Crippen LogP contribution in [-0.4, -0.2) is 49.1 Å². The second kappa shape index (κ2) is 8.63. The number of hydrogen-bond acceptors (Lipinski definition) is 6. The first-order valence-corrected chi connectivity index (χ1v) is 11.6. The number of hydrogen-bond donors (Lipinski definition) is 0. The molecular formula is C24H24N6OS. The lowest BCUT2D eigenvalue weighted by molar-refractivity contribution is 0.0795. The Bertz CT molecular complexity index is 1230. The van der Waals surface area contributed by atoms with Crippen molar-refractivity contribution in [3.8, 4) is 16.5 Å². The third kappa shape index (κ3) is 4.05. The van der Waals surface area contributed by atoms with Gasteiger partial charge in [0.2, 0.25) is 0 Å². The molecule has 0 bridgehead atoms. The highest BCUT2D eigenvalue weighted by atomic mass is 32.1. The van der Waals surface area contributed by atoms with Gasteiger partial charge >= 0.3 is 0 Å². The van der Waals surface area contributed by atoms with Gasteiger partial charge in [-0.1, -0.05) is 12.1 Å². The van der Waals surface area contributed by atoms with Crippen LogP contribution in [0.3, 0.4) is 0 Å². The van der Waals surface area contributed by atoms with Gasteiger partial charge in [-0.2, -0.15) is 5.10 Å². The molecule has 1 aliphatic rings. The van der Waals surface area contributed by atoms with Gasteiger partial charge in [-0.15, -0.1) is 11.3 Å². The third-order valence-electron chi connectivity index (χ3n) is 5.68. The first-order valence-electron chi connectivity index (χ1n) is 10.7. The van der Waals surface area contributed by atoms with Crippen LogP contribution < -0.4 is 0 Å². The number of aryl methyl sites for hydroxylation is 1. The number of carbonyl (C=O) groups is 1. The first kappa shape index (κ1) is 20.5. The predicted octanol–water partition coefficient (Wildman–Crippen LogP) is 4.29. The molecule has 0 atom stereocenters. The second-order valence-corrected chi connectivity index (χ2v) is 9.05. The molecule has 4 aromatic rings. The molecule has 1 saturated carbocycles. The molecule has 0 unspecified atom stereocenters. The molecular weight excluding hydrogens is 420 g/mol. The number of rotatable bonds is 7. The predicted molar refractivity (Wildman–Crippen MR) is 124 cm³/mol. The Kier molecular flexibility index (Phi) is 5.53. The van der Waals surface area contributed by atoms with E-state index in [9.17, 15) is 4.79 Å². The van der Waals surface area contributed by atoms with Crippen LogP contribution in [0.4, 0.5) is 0 Å². The van der Waals surface area contributed by atoms with Crippen LogP contribution in [0.2, 0.25) is 0 Å². The molecule has 1 amide bonds. The van der Waals surface area contributed by atoms with E-state index in [-0.39, 0.29) is 5.91 Å². The van der Waals surface area contributed by atoms with Gasteiger partial charge in [0.1, 0.15) is 0 Å². The minimum atomic E-state index is -0.0281. The smallest absolute Gasteiger partial charge is 0.257 e. The fourth-order valence-corrected chi connectivity index (χ4v) is 4.54. The van der Waals surface area contributed by atoms with E-state index in [1.54, 1.807) is 33.3 Å². The van der Waals surface area contributed by atoms with Crippen molar-refractivity contribution in [3.63, 3.8) is 0 Å². The fourth-order valence-electron chi connectivity index (χ4n) is 3.76. The van der Waals surface area contributed by atoms with Gasteiger partial charge < -0.3 is 4.90 Å². The topological polar surface area (TPSA) is 76.8 Å². The average Bonchev–Trinajstić information content (AvgIpc) is 3.33. The maximum absolute atomic E-state index is 13.3. The zero-order valence-electron chi connectivity index (χ0n) is 18.1. The number of thiophene rings is 1. The molecule has 0 radical (unpaired) electrons. The highest BCUT2D eigenvalue weighted by Gasteiger charge is 2.34. The number of likely N-dealkylation sites (N-methyl/N-ethyl adjacent to an activating group) is 1. The Labute approximate surface area is 190 Å². The second-order valence-electron chi connectivity index (χ2n) is 8.11. The lowest BCUT2D eigenvalue weighted by Crippen LogP contribution is -2.29. The monoisotopic (exact) mass is 444 g/mol. The summed E-state index contributed by atoms with van der Waals surface area (Å²) in [5.41, 5.74) is 4.45. The molecule has 4 aromatic heterocycles. The van der Waals surface area contributed by atoms with Gasteiger partial charge in [-0.25, -0.2) is 14.6 Å². The maximum Gasteiger partial charge on any atom is 0.257 e. The normalized spacial score (nSPS) is 13.3. The molecule has 7 nitrogen and oxygen atoms in total. The van der Waals surface area contributed by atoms with Crippen LogP contribution >= 0.6 is 11.3 Å². The Morgan fingerprint density at radius 1 is 1.19 bits per heavy atom. The van der Waals surface area contributed by atoms with Gasteiger partial charge in [-0.3, -0.25) is 9.78 Å². The number of nitrogens with zero attached hydrogens (tertiary/aromatic N) is 6. The third-order valence-corrected chi connectivity index (χ3v) is 6.56. The highest BCUT2D eigenvalue weighted by molar-refractivity contribution is 7.13. The Morgan fingerprint density at radius 2 is 2.06 bits per heavy atom. The molecule has 162 valence electrons. The summed E-state index contributed by atoms with van der Waals surface area (Å²) in [5.74, 6) is 0.798. The summed E-state index contributed by atoms with van der Waals surface area (Å²) in [7, 11) is 1.83.